The lowest BCUT2D eigenvalue weighted by atomic mass is 10.0. The number of likely N-dealkylation sites (tertiary alicyclic amines) is 1. The molecule has 2 saturated heterocycles. The van der Waals surface area contributed by atoms with Gasteiger partial charge in [0.15, 0.2) is 5.78 Å². The normalized spacial score (nSPS) is 33.1. The molecule has 90 valence electrons. The summed E-state index contributed by atoms with van der Waals surface area (Å²) in [5, 5.41) is 3.41. The molecule has 2 heterocycles. The Bertz CT molecular complexity index is 269. The van der Waals surface area contributed by atoms with Gasteiger partial charge in [0.05, 0.1) is 6.04 Å². The first-order valence-electron chi connectivity index (χ1n) is 6.86. The van der Waals surface area contributed by atoms with Crippen molar-refractivity contribution >= 4 is 5.78 Å². The van der Waals surface area contributed by atoms with Crippen LogP contribution in [0.2, 0.25) is 0 Å². The third kappa shape index (κ3) is 2.03. The number of carbonyl (C=O) groups is 1. The molecule has 0 aromatic rings. The summed E-state index contributed by atoms with van der Waals surface area (Å²) in [6.45, 7) is 3.42. The van der Waals surface area contributed by atoms with Crippen LogP contribution in [-0.4, -0.2) is 42.4 Å². The molecule has 0 aromatic carbocycles. The number of Topliss-reactive ketones (excluding diaryl/α,β-unsaturated/α-hetero) is 1. The van der Waals surface area contributed by atoms with E-state index < -0.39 is 0 Å². The van der Waals surface area contributed by atoms with Gasteiger partial charge < -0.3 is 5.32 Å². The minimum absolute atomic E-state index is 0.288. The molecular weight excluding hydrogens is 200 g/mol. The highest BCUT2D eigenvalue weighted by atomic mass is 16.1. The van der Waals surface area contributed by atoms with Gasteiger partial charge >= 0.3 is 0 Å². The number of nitrogens with zero attached hydrogens (tertiary/aromatic N) is 1. The molecule has 1 saturated carbocycles. The largest absolute Gasteiger partial charge is 0.317 e. The van der Waals surface area contributed by atoms with Crippen LogP contribution in [0.25, 0.3) is 0 Å². The second kappa shape index (κ2) is 4.46. The third-order valence-corrected chi connectivity index (χ3v) is 4.38. The molecule has 3 aliphatic rings. The lowest BCUT2D eigenvalue weighted by Crippen LogP contribution is -2.48. The van der Waals surface area contributed by atoms with E-state index in [1.807, 2.05) is 0 Å². The van der Waals surface area contributed by atoms with Gasteiger partial charge in [0, 0.05) is 12.0 Å². The van der Waals surface area contributed by atoms with Gasteiger partial charge in [-0.3, -0.25) is 9.69 Å². The molecule has 2 aliphatic heterocycles. The summed E-state index contributed by atoms with van der Waals surface area (Å²) in [6, 6.07) is 0.965. The number of rotatable bonds is 3. The Balaban J connectivity index is 1.65. The zero-order valence-corrected chi connectivity index (χ0v) is 9.95. The highest BCUT2D eigenvalue weighted by Crippen LogP contribution is 2.35. The monoisotopic (exact) mass is 222 g/mol. The zero-order chi connectivity index (χ0) is 11.0. The molecule has 3 nitrogen and oxygen atoms in total. The first-order chi connectivity index (χ1) is 7.86. The van der Waals surface area contributed by atoms with E-state index in [4.69, 9.17) is 0 Å². The van der Waals surface area contributed by atoms with Crippen LogP contribution in [0.3, 0.4) is 0 Å². The van der Waals surface area contributed by atoms with E-state index in [-0.39, 0.29) is 6.04 Å². The summed E-state index contributed by atoms with van der Waals surface area (Å²) in [7, 11) is 0. The van der Waals surface area contributed by atoms with E-state index in [9.17, 15) is 4.79 Å². The lowest BCUT2D eigenvalue weighted by Gasteiger charge is -2.35. The standard InChI is InChI=1S/C13H22N2O/c16-13(10-3-4-10)12-2-1-9-15(12)11-5-7-14-8-6-11/h10-12,14H,1-9H2. The maximum Gasteiger partial charge on any atom is 0.153 e. The Hall–Kier alpha value is -0.410. The number of ketones is 1. The lowest BCUT2D eigenvalue weighted by molar-refractivity contribution is -0.125. The van der Waals surface area contributed by atoms with Gasteiger partial charge in [-0.15, -0.1) is 0 Å². The number of nitrogens with one attached hydrogen (secondary N) is 1. The van der Waals surface area contributed by atoms with E-state index >= 15 is 0 Å². The second-order valence-corrected chi connectivity index (χ2v) is 5.55. The van der Waals surface area contributed by atoms with Crippen molar-refractivity contribution < 1.29 is 4.79 Å². The molecule has 16 heavy (non-hydrogen) atoms. The van der Waals surface area contributed by atoms with Crippen LogP contribution in [0.15, 0.2) is 0 Å². The van der Waals surface area contributed by atoms with Crippen molar-refractivity contribution in [2.75, 3.05) is 19.6 Å². The summed E-state index contributed by atoms with van der Waals surface area (Å²) >= 11 is 0. The molecule has 1 atom stereocenters. The summed E-state index contributed by atoms with van der Waals surface area (Å²) in [5.74, 6) is 1.00. The Morgan fingerprint density at radius 2 is 1.81 bits per heavy atom. The molecular formula is C13H22N2O. The minimum Gasteiger partial charge on any atom is -0.317 e. The second-order valence-electron chi connectivity index (χ2n) is 5.55. The number of hydrogen-bond donors (Lipinski definition) is 1. The number of piperidine rings is 1. The predicted octanol–water partition coefficient (Wildman–Crippen LogP) is 1.18. The summed E-state index contributed by atoms with van der Waals surface area (Å²) in [6.07, 6.45) is 7.14. The first kappa shape index (κ1) is 10.7. The summed E-state index contributed by atoms with van der Waals surface area (Å²) < 4.78 is 0. The van der Waals surface area contributed by atoms with Gasteiger partial charge in [0.2, 0.25) is 0 Å². The molecule has 0 radical (unpaired) electrons. The maximum atomic E-state index is 12.2. The van der Waals surface area contributed by atoms with Crippen molar-refractivity contribution in [1.29, 1.82) is 0 Å². The van der Waals surface area contributed by atoms with Crippen LogP contribution in [0.4, 0.5) is 0 Å². The van der Waals surface area contributed by atoms with Crippen LogP contribution >= 0.6 is 0 Å². The molecule has 3 rings (SSSR count). The highest BCUT2D eigenvalue weighted by molar-refractivity contribution is 5.88. The minimum atomic E-state index is 0.288. The smallest absolute Gasteiger partial charge is 0.153 e. The fourth-order valence-electron chi connectivity index (χ4n) is 3.31. The number of carbonyl (C=O) groups excluding carboxylic acids is 1. The SMILES string of the molecule is O=C(C1CC1)C1CCCN1C1CCNCC1. The van der Waals surface area contributed by atoms with Crippen LogP contribution in [0.1, 0.15) is 38.5 Å². The van der Waals surface area contributed by atoms with Crippen molar-refractivity contribution in [3.63, 3.8) is 0 Å². The first-order valence-corrected chi connectivity index (χ1v) is 6.86. The maximum absolute atomic E-state index is 12.2. The van der Waals surface area contributed by atoms with Crippen molar-refractivity contribution in [2.24, 2.45) is 5.92 Å². The molecule has 0 spiro atoms. The Kier molecular flexibility index (Phi) is 2.99. The predicted molar refractivity (Wildman–Crippen MR) is 63.4 cm³/mol. The average molecular weight is 222 g/mol. The highest BCUT2D eigenvalue weighted by Gasteiger charge is 2.41. The van der Waals surface area contributed by atoms with Crippen molar-refractivity contribution in [1.82, 2.24) is 10.2 Å². The topological polar surface area (TPSA) is 32.3 Å². The van der Waals surface area contributed by atoms with Crippen LogP contribution in [0, 0.1) is 5.92 Å². The molecule has 1 N–H and O–H groups in total. The van der Waals surface area contributed by atoms with Crippen molar-refractivity contribution in [3.05, 3.63) is 0 Å². The third-order valence-electron chi connectivity index (χ3n) is 4.38. The van der Waals surface area contributed by atoms with Gasteiger partial charge in [-0.25, -0.2) is 0 Å². The van der Waals surface area contributed by atoms with Gasteiger partial charge in [0.25, 0.3) is 0 Å². The van der Waals surface area contributed by atoms with Crippen LogP contribution in [0.5, 0.6) is 0 Å². The molecule has 0 amide bonds. The van der Waals surface area contributed by atoms with Crippen LogP contribution in [-0.2, 0) is 4.79 Å². The van der Waals surface area contributed by atoms with E-state index in [0.29, 0.717) is 17.7 Å². The summed E-state index contributed by atoms with van der Waals surface area (Å²) in [5.41, 5.74) is 0. The van der Waals surface area contributed by atoms with Crippen LogP contribution < -0.4 is 5.32 Å². The molecule has 3 heteroatoms. The van der Waals surface area contributed by atoms with E-state index in [1.165, 1.54) is 19.3 Å². The Morgan fingerprint density at radius 1 is 1.06 bits per heavy atom. The molecule has 3 fully saturated rings. The summed E-state index contributed by atoms with van der Waals surface area (Å²) in [4.78, 5) is 14.7. The number of hydrogen-bond acceptors (Lipinski definition) is 3. The van der Waals surface area contributed by atoms with Crippen molar-refractivity contribution in [2.45, 2.75) is 50.6 Å². The van der Waals surface area contributed by atoms with Gasteiger partial charge in [0.1, 0.15) is 0 Å². The molecule has 1 aliphatic carbocycles. The fourth-order valence-corrected chi connectivity index (χ4v) is 3.31. The van der Waals surface area contributed by atoms with E-state index in [2.05, 4.69) is 10.2 Å². The quantitative estimate of drug-likeness (QED) is 0.778. The average Bonchev–Trinajstić information content (AvgIpc) is 3.06. The Morgan fingerprint density at radius 3 is 2.50 bits per heavy atom. The molecule has 0 aromatic heterocycles. The van der Waals surface area contributed by atoms with Gasteiger partial charge in [-0.05, 0) is 58.2 Å². The fraction of sp³-hybridized carbons (Fsp3) is 0.923. The van der Waals surface area contributed by atoms with E-state index in [0.717, 1.165) is 38.9 Å². The van der Waals surface area contributed by atoms with E-state index in [1.54, 1.807) is 0 Å². The molecule has 1 unspecified atom stereocenters. The van der Waals surface area contributed by atoms with Crippen molar-refractivity contribution in [3.8, 4) is 0 Å². The van der Waals surface area contributed by atoms with Gasteiger partial charge in [-0.2, -0.15) is 0 Å². The zero-order valence-electron chi connectivity index (χ0n) is 9.95. The molecule has 0 bridgehead atoms. The van der Waals surface area contributed by atoms with Gasteiger partial charge in [-0.1, -0.05) is 0 Å². The Labute approximate surface area is 97.6 Å².